The maximum Gasteiger partial charge on any atom is 0.130 e. The van der Waals surface area contributed by atoms with Gasteiger partial charge in [-0.2, -0.15) is 5.10 Å². The third-order valence-electron chi connectivity index (χ3n) is 3.47. The first-order valence-corrected chi connectivity index (χ1v) is 7.97. The van der Waals surface area contributed by atoms with Crippen molar-refractivity contribution in [3.63, 3.8) is 0 Å². The van der Waals surface area contributed by atoms with E-state index in [2.05, 4.69) is 26.3 Å². The van der Waals surface area contributed by atoms with Gasteiger partial charge in [-0.25, -0.2) is 4.39 Å². The zero-order chi connectivity index (χ0) is 15.6. The fraction of sp³-hybridized carbons (Fsp3) is 0.400. The highest BCUT2D eigenvalue weighted by Crippen LogP contribution is 2.28. The quantitative estimate of drug-likeness (QED) is 0.851. The SMILES string of the molecule is CCNC(Cc1c(C)nn(C)c1Cl)c1ccc(Br)cc1F. The Hall–Kier alpha value is -0.910. The molecule has 6 heteroatoms. The molecule has 0 aliphatic heterocycles. The summed E-state index contributed by atoms with van der Waals surface area (Å²) in [5.41, 5.74) is 2.47. The Morgan fingerprint density at radius 1 is 1.48 bits per heavy atom. The molecule has 0 saturated carbocycles. The molecular formula is C15H18BrClFN3. The van der Waals surface area contributed by atoms with E-state index in [0.717, 1.165) is 22.3 Å². The van der Waals surface area contributed by atoms with Crippen LogP contribution < -0.4 is 5.32 Å². The predicted molar refractivity (Wildman–Crippen MR) is 87.2 cm³/mol. The van der Waals surface area contributed by atoms with Crippen molar-refractivity contribution in [2.75, 3.05) is 6.54 Å². The Kier molecular flexibility index (Phi) is 5.41. The molecular weight excluding hydrogens is 357 g/mol. The molecule has 0 bridgehead atoms. The number of benzene rings is 1. The number of rotatable bonds is 5. The smallest absolute Gasteiger partial charge is 0.130 e. The van der Waals surface area contributed by atoms with Crippen molar-refractivity contribution < 1.29 is 4.39 Å². The van der Waals surface area contributed by atoms with Gasteiger partial charge in [-0.3, -0.25) is 4.68 Å². The molecule has 3 nitrogen and oxygen atoms in total. The van der Waals surface area contributed by atoms with E-state index in [0.29, 0.717) is 17.1 Å². The van der Waals surface area contributed by atoms with Crippen molar-refractivity contribution in [1.29, 1.82) is 0 Å². The van der Waals surface area contributed by atoms with Gasteiger partial charge in [-0.1, -0.05) is 40.5 Å². The van der Waals surface area contributed by atoms with Crippen molar-refractivity contribution in [3.05, 3.63) is 50.5 Å². The maximum absolute atomic E-state index is 14.2. The minimum absolute atomic E-state index is 0.136. The number of halogens is 3. The number of nitrogens with zero attached hydrogens (tertiary/aromatic N) is 2. The zero-order valence-corrected chi connectivity index (χ0v) is 14.6. The van der Waals surface area contributed by atoms with Crippen LogP contribution in [0.2, 0.25) is 5.15 Å². The second kappa shape index (κ2) is 6.90. The van der Waals surface area contributed by atoms with Crippen LogP contribution in [0.4, 0.5) is 4.39 Å². The summed E-state index contributed by atoms with van der Waals surface area (Å²) >= 11 is 9.57. The molecule has 2 rings (SSSR count). The van der Waals surface area contributed by atoms with E-state index in [1.54, 1.807) is 17.8 Å². The minimum atomic E-state index is -0.229. The number of nitrogens with one attached hydrogen (secondary N) is 1. The number of aryl methyl sites for hydroxylation is 2. The highest BCUT2D eigenvalue weighted by molar-refractivity contribution is 9.10. The zero-order valence-electron chi connectivity index (χ0n) is 12.3. The number of likely N-dealkylation sites (N-methyl/N-ethyl adjacent to an activating group) is 1. The molecule has 1 unspecified atom stereocenters. The Bertz CT molecular complexity index is 642. The first-order valence-electron chi connectivity index (χ1n) is 6.80. The van der Waals surface area contributed by atoms with Crippen LogP contribution in [-0.4, -0.2) is 16.3 Å². The van der Waals surface area contributed by atoms with E-state index < -0.39 is 0 Å². The van der Waals surface area contributed by atoms with Gasteiger partial charge in [0.25, 0.3) is 0 Å². The van der Waals surface area contributed by atoms with Crippen LogP contribution in [0.5, 0.6) is 0 Å². The molecule has 0 fully saturated rings. The molecule has 0 radical (unpaired) electrons. The van der Waals surface area contributed by atoms with Crippen LogP contribution in [0.25, 0.3) is 0 Å². The van der Waals surface area contributed by atoms with Crippen molar-refractivity contribution in [2.45, 2.75) is 26.3 Å². The highest BCUT2D eigenvalue weighted by Gasteiger charge is 2.20. The summed E-state index contributed by atoms with van der Waals surface area (Å²) in [4.78, 5) is 0. The molecule has 21 heavy (non-hydrogen) atoms. The highest BCUT2D eigenvalue weighted by atomic mass is 79.9. The van der Waals surface area contributed by atoms with E-state index in [1.807, 2.05) is 19.9 Å². The van der Waals surface area contributed by atoms with E-state index in [4.69, 9.17) is 11.6 Å². The average molecular weight is 375 g/mol. The normalized spacial score (nSPS) is 12.7. The van der Waals surface area contributed by atoms with Crippen molar-refractivity contribution in [3.8, 4) is 0 Å². The van der Waals surface area contributed by atoms with Gasteiger partial charge in [0.05, 0.1) is 5.69 Å². The van der Waals surface area contributed by atoms with Crippen LogP contribution >= 0.6 is 27.5 Å². The van der Waals surface area contributed by atoms with Gasteiger partial charge in [0, 0.05) is 28.7 Å². The van der Waals surface area contributed by atoms with E-state index in [-0.39, 0.29) is 11.9 Å². The maximum atomic E-state index is 14.2. The summed E-state index contributed by atoms with van der Waals surface area (Å²) in [6, 6.07) is 4.99. The Labute approximate surface area is 137 Å². The molecule has 0 spiro atoms. The van der Waals surface area contributed by atoms with Crippen LogP contribution in [0.15, 0.2) is 22.7 Å². The molecule has 0 aliphatic carbocycles. The molecule has 0 aliphatic rings. The van der Waals surface area contributed by atoms with Crippen molar-refractivity contribution in [2.24, 2.45) is 7.05 Å². The predicted octanol–water partition coefficient (Wildman–Crippen LogP) is 4.18. The van der Waals surface area contributed by atoms with Gasteiger partial charge >= 0.3 is 0 Å². The fourth-order valence-corrected chi connectivity index (χ4v) is 3.02. The van der Waals surface area contributed by atoms with E-state index in [1.165, 1.54) is 6.07 Å². The van der Waals surface area contributed by atoms with Crippen LogP contribution in [0.3, 0.4) is 0 Å². The number of hydrogen-bond donors (Lipinski definition) is 1. The summed E-state index contributed by atoms with van der Waals surface area (Å²) < 4.78 is 16.6. The van der Waals surface area contributed by atoms with Crippen LogP contribution in [0, 0.1) is 12.7 Å². The molecule has 0 amide bonds. The first-order chi connectivity index (χ1) is 9.93. The van der Waals surface area contributed by atoms with E-state index >= 15 is 0 Å². The Morgan fingerprint density at radius 3 is 2.71 bits per heavy atom. The molecule has 0 saturated heterocycles. The Morgan fingerprint density at radius 2 is 2.19 bits per heavy atom. The molecule has 1 aromatic carbocycles. The average Bonchev–Trinajstić information content (AvgIpc) is 2.65. The van der Waals surface area contributed by atoms with E-state index in [9.17, 15) is 4.39 Å². The summed E-state index contributed by atoms with van der Waals surface area (Å²) in [6.45, 7) is 4.67. The first kappa shape index (κ1) is 16.5. The second-order valence-corrected chi connectivity index (χ2v) is 6.23. The standard InChI is InChI=1S/C15H18BrClFN3/c1-4-19-14(11-6-5-10(16)7-13(11)18)8-12-9(2)20-21(3)15(12)17/h5-7,14,19H,4,8H2,1-3H3. The molecule has 1 aromatic heterocycles. The van der Waals surface area contributed by atoms with Crippen molar-refractivity contribution >= 4 is 27.5 Å². The molecule has 1 N–H and O–H groups in total. The van der Waals surface area contributed by atoms with Gasteiger partial charge in [0.2, 0.25) is 0 Å². The summed E-state index contributed by atoms with van der Waals surface area (Å²) in [6.07, 6.45) is 0.602. The summed E-state index contributed by atoms with van der Waals surface area (Å²) in [7, 11) is 1.81. The monoisotopic (exact) mass is 373 g/mol. The number of hydrogen-bond acceptors (Lipinski definition) is 2. The molecule has 114 valence electrons. The lowest BCUT2D eigenvalue weighted by Gasteiger charge is -2.19. The third kappa shape index (κ3) is 3.65. The molecule has 1 atom stereocenters. The minimum Gasteiger partial charge on any atom is -0.310 e. The number of aromatic nitrogens is 2. The van der Waals surface area contributed by atoms with Gasteiger partial charge in [-0.05, 0) is 32.0 Å². The lowest BCUT2D eigenvalue weighted by molar-refractivity contribution is 0.509. The fourth-order valence-electron chi connectivity index (χ4n) is 2.43. The largest absolute Gasteiger partial charge is 0.310 e. The molecule has 2 aromatic rings. The summed E-state index contributed by atoms with van der Waals surface area (Å²) in [5, 5.41) is 8.23. The topological polar surface area (TPSA) is 29.9 Å². The lowest BCUT2D eigenvalue weighted by atomic mass is 9.98. The van der Waals surface area contributed by atoms with Crippen LogP contribution in [0.1, 0.15) is 29.8 Å². The van der Waals surface area contributed by atoms with Gasteiger partial charge in [0.1, 0.15) is 11.0 Å². The molecule has 1 heterocycles. The van der Waals surface area contributed by atoms with Gasteiger partial charge in [0.15, 0.2) is 0 Å². The second-order valence-electron chi connectivity index (χ2n) is 4.96. The van der Waals surface area contributed by atoms with Gasteiger partial charge < -0.3 is 5.32 Å². The van der Waals surface area contributed by atoms with Gasteiger partial charge in [-0.15, -0.1) is 0 Å². The summed E-state index contributed by atoms with van der Waals surface area (Å²) in [5.74, 6) is -0.229. The third-order valence-corrected chi connectivity index (χ3v) is 4.43. The lowest BCUT2D eigenvalue weighted by Crippen LogP contribution is -2.24. The van der Waals surface area contributed by atoms with Crippen molar-refractivity contribution in [1.82, 2.24) is 15.1 Å². The van der Waals surface area contributed by atoms with Crippen LogP contribution in [-0.2, 0) is 13.5 Å². The Balaban J connectivity index is 2.35.